The van der Waals surface area contributed by atoms with Crippen LogP contribution >= 0.6 is 0 Å². The molecule has 1 atom stereocenters. The highest BCUT2D eigenvalue weighted by atomic mass is 16.6. The minimum absolute atomic E-state index is 0.191. The predicted octanol–water partition coefficient (Wildman–Crippen LogP) is 5.73. The van der Waals surface area contributed by atoms with Gasteiger partial charge in [-0.05, 0) is 48.0 Å². The van der Waals surface area contributed by atoms with E-state index in [2.05, 4.69) is 48.5 Å². The summed E-state index contributed by atoms with van der Waals surface area (Å²) >= 11 is 0. The van der Waals surface area contributed by atoms with Gasteiger partial charge in [0.05, 0.1) is 23.9 Å². The summed E-state index contributed by atoms with van der Waals surface area (Å²) < 4.78 is 12.2. The lowest BCUT2D eigenvalue weighted by atomic mass is 9.95. The molecule has 0 aliphatic heterocycles. The highest BCUT2D eigenvalue weighted by Crippen LogP contribution is 2.26. The topological polar surface area (TPSA) is 18.5 Å². The molecule has 0 saturated carbocycles. The quantitative estimate of drug-likeness (QED) is 0.426. The summed E-state index contributed by atoms with van der Waals surface area (Å²) in [5, 5.41) is 0. The first-order chi connectivity index (χ1) is 9.29. The molecule has 2 nitrogen and oxygen atoms in total. The van der Waals surface area contributed by atoms with Crippen molar-refractivity contribution < 1.29 is 9.47 Å². The molecule has 0 radical (unpaired) electrons. The molecule has 0 N–H and O–H groups in total. The molecule has 0 aliphatic rings. The lowest BCUT2D eigenvalue weighted by Crippen LogP contribution is -2.43. The van der Waals surface area contributed by atoms with Crippen LogP contribution in [0, 0.1) is 0 Å². The van der Waals surface area contributed by atoms with Crippen molar-refractivity contribution in [1.82, 2.24) is 0 Å². The van der Waals surface area contributed by atoms with E-state index in [9.17, 15) is 0 Å². The highest BCUT2D eigenvalue weighted by Gasteiger charge is 2.32. The van der Waals surface area contributed by atoms with Gasteiger partial charge in [-0.1, -0.05) is 45.4 Å². The summed E-state index contributed by atoms with van der Waals surface area (Å²) in [7, 11) is 0. The number of hydrogen-bond donors (Lipinski definition) is 0. The van der Waals surface area contributed by atoms with Crippen LogP contribution in [-0.2, 0) is 9.47 Å². The molecule has 2 heteroatoms. The summed E-state index contributed by atoms with van der Waals surface area (Å²) in [6.45, 7) is 15.0. The van der Waals surface area contributed by atoms with Gasteiger partial charge in [0.25, 0.3) is 0 Å². The van der Waals surface area contributed by atoms with Gasteiger partial charge >= 0.3 is 0 Å². The first-order valence-electron chi connectivity index (χ1n) is 8.62. The first kappa shape index (κ1) is 19.9. The van der Waals surface area contributed by atoms with Crippen LogP contribution in [0.1, 0.15) is 93.4 Å². The summed E-state index contributed by atoms with van der Waals surface area (Å²) in [5.41, 5.74) is -0.206. The highest BCUT2D eigenvalue weighted by molar-refractivity contribution is 4.82. The molecule has 0 amide bonds. The van der Waals surface area contributed by atoms with Crippen molar-refractivity contribution in [2.24, 2.45) is 0 Å². The number of rotatable bonds is 12. The van der Waals surface area contributed by atoms with Crippen LogP contribution in [0.4, 0.5) is 0 Å². The Labute approximate surface area is 127 Å². The Hall–Kier alpha value is -0.0800. The van der Waals surface area contributed by atoms with Crippen molar-refractivity contribution >= 4 is 0 Å². The fraction of sp³-hybridized carbons (Fsp3) is 1.00. The van der Waals surface area contributed by atoms with Crippen LogP contribution in [0.5, 0.6) is 0 Å². The van der Waals surface area contributed by atoms with E-state index in [0.29, 0.717) is 0 Å². The molecule has 0 saturated heterocycles. The average Bonchev–Trinajstić information content (AvgIpc) is 2.29. The molecule has 0 aromatic carbocycles. The minimum Gasteiger partial charge on any atom is -0.373 e. The standard InChI is InChI=1S/C18H38O2/c1-8-9-10-11-12-13-14-17(19-15(2)3)18(6,7)20-16(4)5/h15-17H,8-14H2,1-7H3. The minimum atomic E-state index is -0.206. The smallest absolute Gasteiger partial charge is 0.0890 e. The van der Waals surface area contributed by atoms with Crippen LogP contribution in [0.25, 0.3) is 0 Å². The Bertz CT molecular complexity index is 221. The molecule has 0 spiro atoms. The van der Waals surface area contributed by atoms with Gasteiger partial charge in [-0.2, -0.15) is 0 Å². The van der Waals surface area contributed by atoms with Crippen molar-refractivity contribution in [2.75, 3.05) is 0 Å². The third-order valence-corrected chi connectivity index (χ3v) is 3.57. The van der Waals surface area contributed by atoms with Crippen LogP contribution in [0.3, 0.4) is 0 Å². The molecular weight excluding hydrogens is 248 g/mol. The molecule has 0 aliphatic carbocycles. The predicted molar refractivity (Wildman–Crippen MR) is 88.3 cm³/mol. The van der Waals surface area contributed by atoms with E-state index in [1.165, 1.54) is 38.5 Å². The van der Waals surface area contributed by atoms with Gasteiger partial charge in [-0.25, -0.2) is 0 Å². The van der Waals surface area contributed by atoms with Crippen molar-refractivity contribution in [3.05, 3.63) is 0 Å². The molecule has 0 aromatic heterocycles. The summed E-state index contributed by atoms with van der Waals surface area (Å²) in [5.74, 6) is 0. The molecular formula is C18H38O2. The van der Waals surface area contributed by atoms with Crippen LogP contribution in [0.15, 0.2) is 0 Å². The Balaban J connectivity index is 4.20. The zero-order chi connectivity index (χ0) is 15.6. The van der Waals surface area contributed by atoms with Gasteiger partial charge in [-0.3, -0.25) is 0 Å². The van der Waals surface area contributed by atoms with E-state index >= 15 is 0 Å². The molecule has 0 fully saturated rings. The molecule has 1 unspecified atom stereocenters. The number of hydrogen-bond acceptors (Lipinski definition) is 2. The Morgan fingerprint density at radius 1 is 0.800 bits per heavy atom. The molecule has 0 bridgehead atoms. The third kappa shape index (κ3) is 9.77. The summed E-state index contributed by atoms with van der Waals surface area (Å²) in [6.07, 6.45) is 9.76. The SMILES string of the molecule is CCCCCCCCC(OC(C)C)C(C)(C)OC(C)C. The van der Waals surface area contributed by atoms with Crippen LogP contribution in [0.2, 0.25) is 0 Å². The van der Waals surface area contributed by atoms with E-state index in [1.807, 2.05) is 0 Å². The Morgan fingerprint density at radius 2 is 1.35 bits per heavy atom. The van der Waals surface area contributed by atoms with E-state index in [0.717, 1.165) is 6.42 Å². The molecule has 0 heterocycles. The van der Waals surface area contributed by atoms with Gasteiger partial charge in [0.15, 0.2) is 0 Å². The fourth-order valence-electron chi connectivity index (χ4n) is 2.70. The van der Waals surface area contributed by atoms with Crippen molar-refractivity contribution in [3.63, 3.8) is 0 Å². The maximum Gasteiger partial charge on any atom is 0.0890 e. The van der Waals surface area contributed by atoms with Gasteiger partial charge in [0.1, 0.15) is 0 Å². The summed E-state index contributed by atoms with van der Waals surface area (Å²) in [6, 6.07) is 0. The Morgan fingerprint density at radius 3 is 1.85 bits per heavy atom. The zero-order valence-electron chi connectivity index (χ0n) is 15.0. The molecule has 20 heavy (non-hydrogen) atoms. The van der Waals surface area contributed by atoms with E-state index in [4.69, 9.17) is 9.47 Å². The van der Waals surface area contributed by atoms with Crippen molar-refractivity contribution in [3.8, 4) is 0 Å². The van der Waals surface area contributed by atoms with E-state index < -0.39 is 0 Å². The van der Waals surface area contributed by atoms with Crippen molar-refractivity contribution in [2.45, 2.75) is 117 Å². The number of ether oxygens (including phenoxy) is 2. The second-order valence-corrected chi connectivity index (χ2v) is 7.00. The molecule has 0 aromatic rings. The number of unbranched alkanes of at least 4 members (excludes halogenated alkanes) is 5. The van der Waals surface area contributed by atoms with E-state index in [1.54, 1.807) is 0 Å². The van der Waals surface area contributed by atoms with E-state index in [-0.39, 0.29) is 23.9 Å². The Kier molecular flexibility index (Phi) is 10.6. The largest absolute Gasteiger partial charge is 0.373 e. The van der Waals surface area contributed by atoms with Gasteiger partial charge in [0, 0.05) is 0 Å². The summed E-state index contributed by atoms with van der Waals surface area (Å²) in [4.78, 5) is 0. The monoisotopic (exact) mass is 286 g/mol. The second kappa shape index (κ2) is 10.6. The zero-order valence-corrected chi connectivity index (χ0v) is 15.0. The van der Waals surface area contributed by atoms with Gasteiger partial charge in [0.2, 0.25) is 0 Å². The van der Waals surface area contributed by atoms with Crippen LogP contribution in [-0.4, -0.2) is 23.9 Å². The lowest BCUT2D eigenvalue weighted by molar-refractivity contribution is -0.161. The second-order valence-electron chi connectivity index (χ2n) is 7.00. The molecule has 122 valence electrons. The van der Waals surface area contributed by atoms with Gasteiger partial charge in [-0.15, -0.1) is 0 Å². The fourth-order valence-corrected chi connectivity index (χ4v) is 2.70. The van der Waals surface area contributed by atoms with Crippen LogP contribution < -0.4 is 0 Å². The first-order valence-corrected chi connectivity index (χ1v) is 8.62. The maximum absolute atomic E-state index is 6.12. The maximum atomic E-state index is 6.12. The molecule has 0 rings (SSSR count). The van der Waals surface area contributed by atoms with Gasteiger partial charge < -0.3 is 9.47 Å². The third-order valence-electron chi connectivity index (χ3n) is 3.57. The van der Waals surface area contributed by atoms with Crippen molar-refractivity contribution in [1.29, 1.82) is 0 Å². The normalized spacial score (nSPS) is 14.2. The average molecular weight is 286 g/mol. The lowest BCUT2D eigenvalue weighted by Gasteiger charge is -2.37.